The molecule has 0 unspecified atom stereocenters. The molecule has 2 heterocycles. The zero-order chi connectivity index (χ0) is 19.0. The summed E-state index contributed by atoms with van der Waals surface area (Å²) >= 11 is 0. The Kier molecular flexibility index (Phi) is 4.68. The number of fused-ring (bicyclic) bond motifs is 1. The number of hydrogen-bond donors (Lipinski definition) is 2. The first kappa shape index (κ1) is 18.0. The highest BCUT2D eigenvalue weighted by atomic mass is 16.3. The van der Waals surface area contributed by atoms with Crippen LogP contribution in [0.2, 0.25) is 0 Å². The van der Waals surface area contributed by atoms with Gasteiger partial charge in [-0.2, -0.15) is 5.10 Å². The van der Waals surface area contributed by atoms with Gasteiger partial charge in [0.15, 0.2) is 0 Å². The number of nitrogens with zero attached hydrogens (tertiary/aromatic N) is 3. The Balaban J connectivity index is 1.58. The van der Waals surface area contributed by atoms with Crippen LogP contribution in [0.25, 0.3) is 0 Å². The number of aromatic nitrogens is 2. The van der Waals surface area contributed by atoms with Gasteiger partial charge in [-0.25, -0.2) is 4.68 Å². The number of carbonyl (C=O) groups excluding carboxylic acids is 1. The van der Waals surface area contributed by atoms with Crippen molar-refractivity contribution in [1.29, 1.82) is 0 Å². The van der Waals surface area contributed by atoms with E-state index in [4.69, 9.17) is 5.73 Å². The van der Waals surface area contributed by atoms with Crippen molar-refractivity contribution in [3.05, 3.63) is 47.7 Å². The average molecular weight is 368 g/mol. The molecule has 1 aliphatic carbocycles. The smallest absolute Gasteiger partial charge is 0.244 e. The molecule has 3 N–H and O–H groups in total. The summed E-state index contributed by atoms with van der Waals surface area (Å²) in [6.07, 6.45) is 4.65. The van der Waals surface area contributed by atoms with Crippen molar-refractivity contribution in [3.8, 4) is 0 Å². The van der Waals surface area contributed by atoms with Gasteiger partial charge < -0.3 is 15.7 Å². The largest absolute Gasteiger partial charge is 0.385 e. The summed E-state index contributed by atoms with van der Waals surface area (Å²) in [5.74, 6) is 0.624. The normalized spacial score (nSPS) is 28.0. The number of amides is 1. The minimum Gasteiger partial charge on any atom is -0.385 e. The van der Waals surface area contributed by atoms with Gasteiger partial charge in [0, 0.05) is 24.6 Å². The Morgan fingerprint density at radius 3 is 2.74 bits per heavy atom. The third kappa shape index (κ3) is 3.23. The van der Waals surface area contributed by atoms with Gasteiger partial charge in [-0.05, 0) is 31.7 Å². The lowest BCUT2D eigenvalue weighted by molar-refractivity contribution is -0.155. The van der Waals surface area contributed by atoms with E-state index < -0.39 is 5.60 Å². The Bertz CT molecular complexity index is 819. The van der Waals surface area contributed by atoms with E-state index in [0.717, 1.165) is 36.9 Å². The molecule has 1 aromatic carbocycles. The summed E-state index contributed by atoms with van der Waals surface area (Å²) in [6.45, 7) is 2.59. The number of carbonyl (C=O) groups is 1. The highest BCUT2D eigenvalue weighted by Crippen LogP contribution is 2.46. The third-order valence-corrected chi connectivity index (χ3v) is 6.29. The molecule has 3 atom stereocenters. The van der Waals surface area contributed by atoms with Crippen LogP contribution < -0.4 is 5.73 Å². The SMILES string of the molecule is Cc1cc(N)n(CC(=O)N2CC[C@](O)(c3ccccc3)[C@@H]3CCCC[C@H]32)n1. The van der Waals surface area contributed by atoms with E-state index in [9.17, 15) is 9.90 Å². The van der Waals surface area contributed by atoms with Gasteiger partial charge >= 0.3 is 0 Å². The zero-order valence-corrected chi connectivity index (χ0v) is 15.8. The molecular formula is C21H28N4O2. The Hall–Kier alpha value is -2.34. The molecule has 4 rings (SSSR count). The van der Waals surface area contributed by atoms with E-state index in [-0.39, 0.29) is 24.4 Å². The van der Waals surface area contributed by atoms with Crippen molar-refractivity contribution in [3.63, 3.8) is 0 Å². The molecule has 144 valence electrons. The van der Waals surface area contributed by atoms with Crippen LogP contribution in [-0.2, 0) is 16.9 Å². The van der Waals surface area contributed by atoms with Crippen molar-refractivity contribution in [2.24, 2.45) is 5.92 Å². The van der Waals surface area contributed by atoms with Gasteiger partial charge in [0.05, 0.1) is 11.3 Å². The van der Waals surface area contributed by atoms with Crippen LogP contribution in [0.15, 0.2) is 36.4 Å². The summed E-state index contributed by atoms with van der Waals surface area (Å²) in [5, 5.41) is 15.9. The van der Waals surface area contributed by atoms with Crippen LogP contribution in [0.4, 0.5) is 5.82 Å². The monoisotopic (exact) mass is 368 g/mol. The fourth-order valence-electron chi connectivity index (χ4n) is 4.99. The van der Waals surface area contributed by atoms with Crippen LogP contribution in [0.1, 0.15) is 43.4 Å². The molecule has 27 heavy (non-hydrogen) atoms. The van der Waals surface area contributed by atoms with E-state index in [0.29, 0.717) is 18.8 Å². The molecule has 2 aliphatic rings. The van der Waals surface area contributed by atoms with E-state index in [1.807, 2.05) is 42.2 Å². The predicted octanol–water partition coefficient (Wildman–Crippen LogP) is 2.45. The number of nitrogen functional groups attached to an aromatic ring is 1. The van der Waals surface area contributed by atoms with E-state index >= 15 is 0 Å². The Morgan fingerprint density at radius 2 is 2.04 bits per heavy atom. The predicted molar refractivity (Wildman–Crippen MR) is 104 cm³/mol. The molecule has 2 aromatic rings. The van der Waals surface area contributed by atoms with Gasteiger partial charge in [-0.1, -0.05) is 43.2 Å². The van der Waals surface area contributed by atoms with Crippen molar-refractivity contribution >= 4 is 11.7 Å². The third-order valence-electron chi connectivity index (χ3n) is 6.29. The van der Waals surface area contributed by atoms with Crippen LogP contribution in [0.3, 0.4) is 0 Å². The molecule has 0 spiro atoms. The minimum atomic E-state index is -0.857. The van der Waals surface area contributed by atoms with Crippen molar-refractivity contribution < 1.29 is 9.90 Å². The van der Waals surface area contributed by atoms with Crippen molar-refractivity contribution in [2.75, 3.05) is 12.3 Å². The van der Waals surface area contributed by atoms with Crippen molar-refractivity contribution in [1.82, 2.24) is 14.7 Å². The number of likely N-dealkylation sites (tertiary alicyclic amines) is 1. The summed E-state index contributed by atoms with van der Waals surface area (Å²) in [5.41, 5.74) is 6.89. The lowest BCUT2D eigenvalue weighted by Crippen LogP contribution is -2.59. The fourth-order valence-corrected chi connectivity index (χ4v) is 4.99. The van der Waals surface area contributed by atoms with E-state index in [1.54, 1.807) is 10.7 Å². The maximum Gasteiger partial charge on any atom is 0.244 e. The van der Waals surface area contributed by atoms with Gasteiger partial charge in [0.2, 0.25) is 5.91 Å². The highest BCUT2D eigenvalue weighted by molar-refractivity contribution is 5.77. The average Bonchev–Trinajstić information content (AvgIpc) is 2.99. The van der Waals surface area contributed by atoms with Gasteiger partial charge in [-0.3, -0.25) is 4.79 Å². The molecule has 0 radical (unpaired) electrons. The lowest BCUT2D eigenvalue weighted by atomic mass is 9.66. The summed E-state index contributed by atoms with van der Waals surface area (Å²) in [4.78, 5) is 15.0. The van der Waals surface area contributed by atoms with Crippen LogP contribution in [0.5, 0.6) is 0 Å². The number of rotatable bonds is 3. The van der Waals surface area contributed by atoms with Crippen LogP contribution in [-0.4, -0.2) is 38.3 Å². The Morgan fingerprint density at radius 1 is 1.30 bits per heavy atom. The quantitative estimate of drug-likeness (QED) is 0.872. The first-order valence-corrected chi connectivity index (χ1v) is 9.86. The number of anilines is 1. The van der Waals surface area contributed by atoms with Gasteiger partial charge in [0.1, 0.15) is 12.4 Å². The van der Waals surface area contributed by atoms with Crippen molar-refractivity contribution in [2.45, 2.75) is 57.2 Å². The van der Waals surface area contributed by atoms with Gasteiger partial charge in [-0.15, -0.1) is 0 Å². The summed E-state index contributed by atoms with van der Waals surface area (Å²) in [7, 11) is 0. The zero-order valence-electron chi connectivity index (χ0n) is 15.8. The molecule has 1 amide bonds. The molecule has 0 bridgehead atoms. The molecule has 6 nitrogen and oxygen atoms in total. The standard InChI is InChI=1S/C21H28N4O2/c1-15-13-19(22)25(23-15)14-20(26)24-12-11-21(27,16-7-3-2-4-8-16)17-9-5-6-10-18(17)24/h2-4,7-8,13,17-18,27H,5-6,9-12,14,22H2,1H3/t17-,18-,21+/m1/s1. The maximum absolute atomic E-state index is 13.1. The number of aryl methyl sites for hydroxylation is 1. The van der Waals surface area contributed by atoms with Crippen LogP contribution in [0, 0.1) is 12.8 Å². The maximum atomic E-state index is 13.1. The first-order valence-electron chi connectivity index (χ1n) is 9.86. The molecular weight excluding hydrogens is 340 g/mol. The summed E-state index contributed by atoms with van der Waals surface area (Å²) < 4.78 is 1.58. The number of benzene rings is 1. The number of hydrogen-bond acceptors (Lipinski definition) is 4. The van der Waals surface area contributed by atoms with Gasteiger partial charge in [0.25, 0.3) is 0 Å². The first-order chi connectivity index (χ1) is 13.0. The molecule has 2 fully saturated rings. The highest BCUT2D eigenvalue weighted by Gasteiger charge is 2.50. The molecule has 1 aromatic heterocycles. The Labute approximate surface area is 160 Å². The van der Waals surface area contributed by atoms with E-state index in [2.05, 4.69) is 5.10 Å². The molecule has 1 aliphatic heterocycles. The minimum absolute atomic E-state index is 0.0387. The fraction of sp³-hybridized carbons (Fsp3) is 0.524. The number of nitrogens with two attached hydrogens (primary N) is 1. The lowest BCUT2D eigenvalue weighted by Gasteiger charge is -2.52. The number of aliphatic hydroxyl groups is 1. The molecule has 1 saturated heterocycles. The number of piperidine rings is 1. The summed E-state index contributed by atoms with van der Waals surface area (Å²) in [6, 6.07) is 11.8. The second-order valence-corrected chi connectivity index (χ2v) is 7.95. The molecule has 6 heteroatoms. The van der Waals surface area contributed by atoms with Crippen LogP contribution >= 0.6 is 0 Å². The molecule has 1 saturated carbocycles. The van der Waals surface area contributed by atoms with E-state index in [1.165, 1.54) is 0 Å². The second kappa shape index (κ2) is 7.00. The topological polar surface area (TPSA) is 84.4 Å². The second-order valence-electron chi connectivity index (χ2n) is 7.95.